The lowest BCUT2D eigenvalue weighted by Gasteiger charge is -2.19. The van der Waals surface area contributed by atoms with E-state index in [0.717, 1.165) is 19.4 Å². The molecule has 1 aromatic heterocycles. The molecule has 6 heteroatoms. The van der Waals surface area contributed by atoms with E-state index in [2.05, 4.69) is 9.59 Å². The highest BCUT2D eigenvalue weighted by Crippen LogP contribution is 2.13. The van der Waals surface area contributed by atoms with E-state index < -0.39 is 0 Å². The number of rotatable bonds is 3. The molecule has 0 unspecified atom stereocenters. The Morgan fingerprint density at radius 3 is 3.27 bits per heavy atom. The number of amides is 1. The van der Waals surface area contributed by atoms with Crippen molar-refractivity contribution in [3.8, 4) is 0 Å². The minimum atomic E-state index is -0.0840. The zero-order valence-electron chi connectivity index (χ0n) is 8.55. The first-order chi connectivity index (χ1) is 7.27. The molecule has 2 rings (SSSR count). The van der Waals surface area contributed by atoms with Crippen molar-refractivity contribution in [1.82, 2.24) is 14.5 Å². The lowest BCUT2D eigenvalue weighted by atomic mass is 10.2. The molecule has 1 saturated heterocycles. The summed E-state index contributed by atoms with van der Waals surface area (Å²) in [5, 5.41) is 5.41. The number of ether oxygens (including phenoxy) is 1. The molecular weight excluding hydrogens is 214 g/mol. The Morgan fingerprint density at radius 1 is 1.80 bits per heavy atom. The topological polar surface area (TPSA) is 55.3 Å². The van der Waals surface area contributed by atoms with Crippen LogP contribution in [0.3, 0.4) is 0 Å². The summed E-state index contributed by atoms with van der Waals surface area (Å²) in [6, 6.07) is 0. The van der Waals surface area contributed by atoms with Crippen molar-refractivity contribution in [2.24, 2.45) is 0 Å². The van der Waals surface area contributed by atoms with Crippen molar-refractivity contribution in [1.29, 1.82) is 0 Å². The molecule has 1 aliphatic heterocycles. The average molecular weight is 227 g/mol. The maximum atomic E-state index is 11.8. The summed E-state index contributed by atoms with van der Waals surface area (Å²) in [5.74, 6) is -0.0840. The Bertz CT molecular complexity index is 322. The Kier molecular flexibility index (Phi) is 3.27. The molecule has 1 amide bonds. The molecule has 82 valence electrons. The van der Waals surface area contributed by atoms with Crippen molar-refractivity contribution in [3.05, 3.63) is 11.1 Å². The molecule has 0 N–H and O–H groups in total. The van der Waals surface area contributed by atoms with E-state index in [-0.39, 0.29) is 12.0 Å². The summed E-state index contributed by atoms with van der Waals surface area (Å²) in [4.78, 5) is 13.4. The van der Waals surface area contributed by atoms with Gasteiger partial charge in [0.15, 0.2) is 5.69 Å². The summed E-state index contributed by atoms with van der Waals surface area (Å²) < 4.78 is 9.13. The van der Waals surface area contributed by atoms with Gasteiger partial charge in [-0.05, 0) is 24.4 Å². The van der Waals surface area contributed by atoms with Gasteiger partial charge >= 0.3 is 0 Å². The maximum Gasteiger partial charge on any atom is 0.275 e. The van der Waals surface area contributed by atoms with Gasteiger partial charge in [0, 0.05) is 25.6 Å². The monoisotopic (exact) mass is 227 g/mol. The van der Waals surface area contributed by atoms with Crippen LogP contribution in [0.4, 0.5) is 0 Å². The molecule has 1 fully saturated rings. The van der Waals surface area contributed by atoms with Gasteiger partial charge in [-0.3, -0.25) is 4.79 Å². The first-order valence-electron chi connectivity index (χ1n) is 4.91. The van der Waals surface area contributed by atoms with Crippen molar-refractivity contribution in [2.45, 2.75) is 18.9 Å². The molecule has 1 aliphatic rings. The summed E-state index contributed by atoms with van der Waals surface area (Å²) >= 11 is 1.19. The quantitative estimate of drug-likeness (QED) is 0.766. The Balaban J connectivity index is 1.90. The van der Waals surface area contributed by atoms with Crippen LogP contribution in [0.1, 0.15) is 23.3 Å². The van der Waals surface area contributed by atoms with Gasteiger partial charge in [-0.25, -0.2) is 0 Å². The predicted molar refractivity (Wildman–Crippen MR) is 55.8 cm³/mol. The van der Waals surface area contributed by atoms with Crippen LogP contribution in [-0.4, -0.2) is 46.7 Å². The van der Waals surface area contributed by atoms with E-state index in [0.29, 0.717) is 12.2 Å². The van der Waals surface area contributed by atoms with Crippen LogP contribution < -0.4 is 0 Å². The third-order valence-corrected chi connectivity index (χ3v) is 2.93. The van der Waals surface area contributed by atoms with Crippen LogP contribution in [0, 0.1) is 0 Å². The number of aromatic nitrogens is 2. The van der Waals surface area contributed by atoms with Crippen LogP contribution in [0.25, 0.3) is 0 Å². The van der Waals surface area contributed by atoms with E-state index >= 15 is 0 Å². The lowest BCUT2D eigenvalue weighted by Crippen LogP contribution is -2.34. The van der Waals surface area contributed by atoms with Crippen LogP contribution in [0.15, 0.2) is 5.38 Å². The smallest absolute Gasteiger partial charge is 0.275 e. The molecule has 5 nitrogen and oxygen atoms in total. The lowest BCUT2D eigenvalue weighted by molar-refractivity contribution is 0.0583. The third kappa shape index (κ3) is 2.51. The fourth-order valence-electron chi connectivity index (χ4n) is 1.63. The molecule has 0 radical (unpaired) electrons. The molecule has 0 aliphatic carbocycles. The molecule has 1 aromatic rings. The van der Waals surface area contributed by atoms with Crippen molar-refractivity contribution in [2.75, 3.05) is 20.2 Å². The largest absolute Gasteiger partial charge is 0.376 e. The van der Waals surface area contributed by atoms with Crippen LogP contribution in [0.2, 0.25) is 0 Å². The highest BCUT2D eigenvalue weighted by atomic mass is 32.1. The molecule has 0 bridgehead atoms. The van der Waals surface area contributed by atoms with E-state index in [1.165, 1.54) is 11.5 Å². The molecule has 1 atom stereocenters. The first-order valence-corrected chi connectivity index (χ1v) is 5.75. The van der Waals surface area contributed by atoms with Gasteiger partial charge in [-0.2, -0.15) is 0 Å². The number of hydrogen-bond acceptors (Lipinski definition) is 5. The van der Waals surface area contributed by atoms with Gasteiger partial charge in [0.1, 0.15) is 0 Å². The van der Waals surface area contributed by atoms with Crippen LogP contribution >= 0.6 is 11.5 Å². The third-order valence-electron chi connectivity index (χ3n) is 2.43. The Labute approximate surface area is 92.2 Å². The number of hydrogen-bond donors (Lipinski definition) is 0. The van der Waals surface area contributed by atoms with Gasteiger partial charge in [-0.1, -0.05) is 4.49 Å². The average Bonchev–Trinajstić information content (AvgIpc) is 2.88. The molecular formula is C9H13N3O2S. The summed E-state index contributed by atoms with van der Waals surface area (Å²) in [6.45, 7) is 1.45. The van der Waals surface area contributed by atoms with E-state index in [9.17, 15) is 4.79 Å². The van der Waals surface area contributed by atoms with Gasteiger partial charge < -0.3 is 9.64 Å². The van der Waals surface area contributed by atoms with Crippen molar-refractivity contribution >= 4 is 17.4 Å². The number of likely N-dealkylation sites (N-methyl/N-ethyl adjacent to an activating group) is 1. The van der Waals surface area contributed by atoms with E-state index in [1.54, 1.807) is 17.3 Å². The molecule has 0 spiro atoms. The zero-order valence-corrected chi connectivity index (χ0v) is 9.37. The summed E-state index contributed by atoms with van der Waals surface area (Å²) in [5.41, 5.74) is 0.417. The molecule has 0 aromatic carbocycles. The maximum absolute atomic E-state index is 11.8. The number of carbonyl (C=O) groups excluding carboxylic acids is 1. The van der Waals surface area contributed by atoms with Crippen LogP contribution in [-0.2, 0) is 4.74 Å². The second-order valence-corrected chi connectivity index (χ2v) is 4.22. The second-order valence-electron chi connectivity index (χ2n) is 3.61. The van der Waals surface area contributed by atoms with E-state index in [1.807, 2.05) is 0 Å². The van der Waals surface area contributed by atoms with Crippen molar-refractivity contribution in [3.63, 3.8) is 0 Å². The van der Waals surface area contributed by atoms with Crippen LogP contribution in [0.5, 0.6) is 0 Å². The number of nitrogens with zero attached hydrogens (tertiary/aromatic N) is 3. The number of carbonyl (C=O) groups is 1. The summed E-state index contributed by atoms with van der Waals surface area (Å²) in [6.07, 6.45) is 2.31. The van der Waals surface area contributed by atoms with Crippen molar-refractivity contribution < 1.29 is 9.53 Å². The second kappa shape index (κ2) is 4.67. The molecule has 2 heterocycles. The zero-order chi connectivity index (χ0) is 10.7. The fourth-order valence-corrected chi connectivity index (χ4v) is 2.06. The van der Waals surface area contributed by atoms with Gasteiger partial charge in [0.05, 0.1) is 6.10 Å². The van der Waals surface area contributed by atoms with Gasteiger partial charge in [0.2, 0.25) is 0 Å². The normalized spacial score (nSPS) is 20.5. The summed E-state index contributed by atoms with van der Waals surface area (Å²) in [7, 11) is 1.77. The predicted octanol–water partition coefficient (Wildman–Crippen LogP) is 0.789. The minimum absolute atomic E-state index is 0.0840. The molecule has 0 saturated carbocycles. The van der Waals surface area contributed by atoms with Gasteiger partial charge in [-0.15, -0.1) is 5.10 Å². The highest BCUT2D eigenvalue weighted by molar-refractivity contribution is 7.03. The fraction of sp³-hybridized carbons (Fsp3) is 0.667. The molecule has 15 heavy (non-hydrogen) atoms. The standard InChI is InChI=1S/C9H13N3O2S/c1-12(5-7-3-2-4-14-7)9(13)8-6-15-11-10-8/h6-7H,2-5H2,1H3/t7-/m1/s1. The Morgan fingerprint density at radius 2 is 2.67 bits per heavy atom. The van der Waals surface area contributed by atoms with E-state index in [4.69, 9.17) is 4.74 Å². The Hall–Kier alpha value is -1.01. The first kappa shape index (κ1) is 10.5. The highest BCUT2D eigenvalue weighted by Gasteiger charge is 2.21. The SMILES string of the molecule is CN(C[C@H]1CCCO1)C(=O)c1csnn1. The minimum Gasteiger partial charge on any atom is -0.376 e. The van der Waals surface area contributed by atoms with Gasteiger partial charge in [0.25, 0.3) is 5.91 Å².